The highest BCUT2D eigenvalue weighted by molar-refractivity contribution is 7.15. The monoisotopic (exact) mass is 439 g/mol. The summed E-state index contributed by atoms with van der Waals surface area (Å²) in [5.41, 5.74) is 1.99. The zero-order chi connectivity index (χ0) is 22.1. The number of carbonyl (C=O) groups is 1. The Bertz CT molecular complexity index is 1280. The van der Waals surface area contributed by atoms with E-state index < -0.39 is 17.5 Å². The van der Waals surface area contributed by atoms with Gasteiger partial charge in [0.1, 0.15) is 5.56 Å². The first-order valence-corrected chi connectivity index (χ1v) is 11.3. The van der Waals surface area contributed by atoms with Crippen molar-refractivity contribution in [1.29, 1.82) is 0 Å². The first kappa shape index (κ1) is 20.3. The minimum atomic E-state index is -1.22. The Balaban J connectivity index is 1.75. The van der Waals surface area contributed by atoms with Gasteiger partial charge in [-0.25, -0.2) is 4.79 Å². The predicted molar refractivity (Wildman–Crippen MR) is 120 cm³/mol. The number of nitrogens with zero attached hydrogens (tertiary/aromatic N) is 1. The van der Waals surface area contributed by atoms with Gasteiger partial charge in [-0.1, -0.05) is 13.8 Å². The molecule has 1 aromatic carbocycles. The molecule has 0 bridgehead atoms. The van der Waals surface area contributed by atoms with Gasteiger partial charge in [0, 0.05) is 27.6 Å². The van der Waals surface area contributed by atoms with Gasteiger partial charge in [0.05, 0.1) is 24.1 Å². The van der Waals surface area contributed by atoms with Gasteiger partial charge in [0.2, 0.25) is 5.43 Å². The van der Waals surface area contributed by atoms with E-state index in [1.807, 2.05) is 10.6 Å². The molecule has 0 radical (unpaired) electrons. The molecule has 1 fully saturated rings. The molecule has 1 unspecified atom stereocenters. The summed E-state index contributed by atoms with van der Waals surface area (Å²) in [6, 6.07) is 5.84. The molecule has 1 atom stereocenters. The topological polar surface area (TPSA) is 88.8 Å². The lowest BCUT2D eigenvalue weighted by atomic mass is 9.76. The van der Waals surface area contributed by atoms with E-state index in [1.165, 1.54) is 6.20 Å². The summed E-state index contributed by atoms with van der Waals surface area (Å²) >= 11 is 1.57. The lowest BCUT2D eigenvalue weighted by molar-refractivity contribution is 0.0694. The van der Waals surface area contributed by atoms with Gasteiger partial charge >= 0.3 is 5.97 Å². The Hall–Kier alpha value is -2.64. The number of methoxy groups -OCH3 is 1. The highest BCUT2D eigenvalue weighted by Gasteiger charge is 2.34. The summed E-state index contributed by atoms with van der Waals surface area (Å²) < 4.78 is 7.72. The number of benzene rings is 1. The average molecular weight is 440 g/mol. The molecule has 3 aromatic rings. The van der Waals surface area contributed by atoms with Crippen LogP contribution >= 0.6 is 11.3 Å². The first-order chi connectivity index (χ1) is 14.7. The summed E-state index contributed by atoms with van der Waals surface area (Å²) in [4.78, 5) is 26.5. The number of carboxylic acids is 1. The molecule has 2 N–H and O–H groups in total. The van der Waals surface area contributed by atoms with Crippen LogP contribution in [-0.2, 0) is 6.42 Å². The van der Waals surface area contributed by atoms with Gasteiger partial charge in [-0.15, -0.1) is 11.3 Å². The van der Waals surface area contributed by atoms with Crippen LogP contribution in [0.25, 0.3) is 21.3 Å². The second-order valence-corrected chi connectivity index (χ2v) is 10.5. The standard InChI is InChI=1S/C24H25NO5S/c1-24(2)9-12-8-18(31-22(12)17(26)10-24)14-6-7-15-19(21(14)30-3)25(13-4-5-13)11-16(20(15)27)23(28)29/h6-8,11,13,17,26H,4-5,9-10H2,1-3H3,(H,28,29). The van der Waals surface area contributed by atoms with E-state index in [0.29, 0.717) is 16.7 Å². The van der Waals surface area contributed by atoms with Crippen molar-refractivity contribution >= 4 is 28.2 Å². The van der Waals surface area contributed by atoms with E-state index in [4.69, 9.17) is 4.74 Å². The van der Waals surface area contributed by atoms with Gasteiger partial charge in [-0.2, -0.15) is 0 Å². The molecule has 2 aliphatic carbocycles. The van der Waals surface area contributed by atoms with E-state index in [1.54, 1.807) is 24.5 Å². The van der Waals surface area contributed by atoms with Gasteiger partial charge < -0.3 is 19.5 Å². The van der Waals surface area contributed by atoms with Crippen LogP contribution in [0.5, 0.6) is 5.75 Å². The molecule has 162 valence electrons. The molecule has 0 saturated heterocycles. The average Bonchev–Trinajstić information content (AvgIpc) is 3.45. The van der Waals surface area contributed by atoms with Crippen LogP contribution in [0.15, 0.2) is 29.2 Å². The van der Waals surface area contributed by atoms with Crippen molar-refractivity contribution in [3.05, 3.63) is 50.6 Å². The van der Waals surface area contributed by atoms with Crippen molar-refractivity contribution in [1.82, 2.24) is 4.57 Å². The van der Waals surface area contributed by atoms with E-state index in [0.717, 1.165) is 46.6 Å². The molecular weight excluding hydrogens is 414 g/mol. The zero-order valence-corrected chi connectivity index (χ0v) is 18.6. The van der Waals surface area contributed by atoms with Gasteiger partial charge in [-0.05, 0) is 54.9 Å². The Morgan fingerprint density at radius 2 is 2.03 bits per heavy atom. The lowest BCUT2D eigenvalue weighted by Crippen LogP contribution is -2.24. The first-order valence-electron chi connectivity index (χ1n) is 10.5. The van der Waals surface area contributed by atoms with Crippen molar-refractivity contribution < 1.29 is 19.7 Å². The van der Waals surface area contributed by atoms with E-state index in [2.05, 4.69) is 19.9 Å². The Kier molecular flexibility index (Phi) is 4.53. The van der Waals surface area contributed by atoms with Crippen LogP contribution in [0.3, 0.4) is 0 Å². The molecule has 0 spiro atoms. The van der Waals surface area contributed by atoms with Crippen molar-refractivity contribution in [3.63, 3.8) is 0 Å². The maximum Gasteiger partial charge on any atom is 0.341 e. The highest BCUT2D eigenvalue weighted by Crippen LogP contribution is 2.49. The van der Waals surface area contributed by atoms with E-state index in [9.17, 15) is 19.8 Å². The number of carboxylic acid groups (broad SMARTS) is 1. The fourth-order valence-electron chi connectivity index (χ4n) is 4.81. The molecule has 2 heterocycles. The quantitative estimate of drug-likeness (QED) is 0.611. The summed E-state index contributed by atoms with van der Waals surface area (Å²) in [5.74, 6) is -0.641. The third-order valence-electron chi connectivity index (χ3n) is 6.35. The number of aliphatic hydroxyl groups excluding tert-OH is 1. The summed E-state index contributed by atoms with van der Waals surface area (Å²) in [7, 11) is 1.58. The van der Waals surface area contributed by atoms with Crippen LogP contribution in [0.2, 0.25) is 0 Å². The summed E-state index contributed by atoms with van der Waals surface area (Å²) in [6.45, 7) is 4.34. The fourth-order valence-corrected chi connectivity index (χ4v) is 6.00. The van der Waals surface area contributed by atoms with Crippen LogP contribution < -0.4 is 10.2 Å². The fraction of sp³-hybridized carbons (Fsp3) is 0.417. The number of rotatable bonds is 4. The Labute approximate surface area is 183 Å². The molecule has 6 nitrogen and oxygen atoms in total. The second kappa shape index (κ2) is 6.93. The summed E-state index contributed by atoms with van der Waals surface area (Å²) in [6.07, 6.45) is 4.50. The second-order valence-electron chi connectivity index (χ2n) is 9.42. The van der Waals surface area contributed by atoms with Crippen molar-refractivity contribution in [2.24, 2.45) is 5.41 Å². The number of hydrogen-bond donors (Lipinski definition) is 2. The number of aromatic nitrogens is 1. The van der Waals surface area contributed by atoms with Gasteiger partial charge in [-0.3, -0.25) is 4.79 Å². The SMILES string of the molecule is COc1c(-c2cc3c(s2)C(O)CC(C)(C)C3)ccc2c(=O)c(C(=O)O)cn(C3CC3)c12. The van der Waals surface area contributed by atoms with Crippen LogP contribution in [-0.4, -0.2) is 27.9 Å². The molecule has 5 rings (SSSR count). The molecule has 31 heavy (non-hydrogen) atoms. The number of pyridine rings is 1. The third-order valence-corrected chi connectivity index (χ3v) is 7.66. The Morgan fingerprint density at radius 1 is 1.29 bits per heavy atom. The molecule has 0 aliphatic heterocycles. The maximum atomic E-state index is 12.9. The predicted octanol–water partition coefficient (Wildman–Crippen LogP) is 4.78. The number of fused-ring (bicyclic) bond motifs is 2. The number of aromatic carboxylic acids is 1. The van der Waals surface area contributed by atoms with Crippen molar-refractivity contribution in [2.75, 3.05) is 7.11 Å². The van der Waals surface area contributed by atoms with E-state index in [-0.39, 0.29) is 17.0 Å². The normalized spacial score (nSPS) is 19.9. The third kappa shape index (κ3) is 3.27. The van der Waals surface area contributed by atoms with Gasteiger partial charge in [0.15, 0.2) is 5.75 Å². The lowest BCUT2D eigenvalue weighted by Gasteiger charge is -2.32. The highest BCUT2D eigenvalue weighted by atomic mass is 32.1. The number of hydrogen-bond acceptors (Lipinski definition) is 5. The number of aliphatic hydroxyl groups is 1. The molecular formula is C24H25NO5S. The number of ether oxygens (including phenoxy) is 1. The van der Waals surface area contributed by atoms with Crippen LogP contribution in [0.4, 0.5) is 0 Å². The van der Waals surface area contributed by atoms with E-state index >= 15 is 0 Å². The minimum absolute atomic E-state index is 0.0396. The van der Waals surface area contributed by atoms with Crippen molar-refractivity contribution in [2.45, 2.75) is 51.7 Å². The minimum Gasteiger partial charge on any atom is -0.494 e. The Morgan fingerprint density at radius 3 is 2.68 bits per heavy atom. The molecule has 1 saturated carbocycles. The van der Waals surface area contributed by atoms with Crippen molar-refractivity contribution in [3.8, 4) is 16.2 Å². The summed E-state index contributed by atoms with van der Waals surface area (Å²) in [5, 5.41) is 20.5. The van der Waals surface area contributed by atoms with Crippen LogP contribution in [0, 0.1) is 5.41 Å². The molecule has 2 aliphatic rings. The molecule has 7 heteroatoms. The van der Waals surface area contributed by atoms with Crippen LogP contribution in [0.1, 0.15) is 66.1 Å². The maximum absolute atomic E-state index is 12.9. The molecule has 2 aromatic heterocycles. The largest absolute Gasteiger partial charge is 0.494 e. The smallest absolute Gasteiger partial charge is 0.341 e. The molecule has 0 amide bonds. The zero-order valence-electron chi connectivity index (χ0n) is 17.8. The number of thiophene rings is 1. The van der Waals surface area contributed by atoms with Gasteiger partial charge in [0.25, 0.3) is 0 Å².